The Kier molecular flexibility index (Phi) is 18.7. The Bertz CT molecular complexity index is 299. The molecule has 0 rings (SSSR count). The summed E-state index contributed by atoms with van der Waals surface area (Å²) in [6, 6.07) is 0. The lowest BCUT2D eigenvalue weighted by Gasteiger charge is -2.36. The Hall–Kier alpha value is -0.0400. The molecule has 0 N–H and O–H groups in total. The van der Waals surface area contributed by atoms with Crippen LogP contribution in [0.1, 0.15) is 170 Å². The summed E-state index contributed by atoms with van der Waals surface area (Å²) in [4.78, 5) is 0. The molecule has 0 atom stereocenters. The Labute approximate surface area is 186 Å². The summed E-state index contributed by atoms with van der Waals surface area (Å²) in [5, 5.41) is 0. The molecule has 0 aromatic carbocycles. The molecule has 1 heteroatoms. The van der Waals surface area contributed by atoms with Gasteiger partial charge in [-0.3, -0.25) is 0 Å². The summed E-state index contributed by atoms with van der Waals surface area (Å²) < 4.78 is 6.57. The van der Waals surface area contributed by atoms with Crippen LogP contribution in [0.5, 0.6) is 0 Å². The van der Waals surface area contributed by atoms with Crippen LogP contribution in [-0.2, 0) is 4.74 Å². The van der Waals surface area contributed by atoms with Crippen molar-refractivity contribution in [3.63, 3.8) is 0 Å². The number of rotatable bonds is 22. The summed E-state index contributed by atoms with van der Waals surface area (Å²) >= 11 is 0. The van der Waals surface area contributed by atoms with Gasteiger partial charge in [0.2, 0.25) is 0 Å². The van der Waals surface area contributed by atoms with Crippen LogP contribution in [0.2, 0.25) is 0 Å². The molecule has 0 heterocycles. The van der Waals surface area contributed by atoms with Crippen LogP contribution in [-0.4, -0.2) is 11.2 Å². The first kappa shape index (κ1) is 29.0. The second-order valence-electron chi connectivity index (χ2n) is 10.8. The van der Waals surface area contributed by atoms with E-state index in [-0.39, 0.29) is 11.2 Å². The molecule has 0 saturated carbocycles. The van der Waals surface area contributed by atoms with Crippen LogP contribution < -0.4 is 0 Å². The van der Waals surface area contributed by atoms with Gasteiger partial charge >= 0.3 is 0 Å². The molecule has 0 saturated heterocycles. The van der Waals surface area contributed by atoms with Crippen LogP contribution in [0, 0.1) is 0 Å². The van der Waals surface area contributed by atoms with Crippen molar-refractivity contribution in [1.82, 2.24) is 0 Å². The van der Waals surface area contributed by atoms with Crippen molar-refractivity contribution in [2.75, 3.05) is 0 Å². The quantitative estimate of drug-likeness (QED) is 0.161. The molecule has 0 aromatic rings. The number of ether oxygens (including phenoxy) is 1. The van der Waals surface area contributed by atoms with Crippen LogP contribution in [0.4, 0.5) is 0 Å². The molecule has 0 amide bonds. The topological polar surface area (TPSA) is 9.23 Å². The van der Waals surface area contributed by atoms with Crippen molar-refractivity contribution in [3.05, 3.63) is 0 Å². The van der Waals surface area contributed by atoms with Gasteiger partial charge in [-0.15, -0.1) is 0 Å². The number of hydrogen-bond donors (Lipinski definition) is 0. The van der Waals surface area contributed by atoms with Crippen molar-refractivity contribution in [2.24, 2.45) is 0 Å². The summed E-state index contributed by atoms with van der Waals surface area (Å²) in [7, 11) is 0. The molecule has 0 spiro atoms. The predicted molar refractivity (Wildman–Crippen MR) is 133 cm³/mol. The van der Waals surface area contributed by atoms with Gasteiger partial charge in [-0.25, -0.2) is 0 Å². The fourth-order valence-electron chi connectivity index (χ4n) is 4.57. The molecular weight excluding hydrogens is 352 g/mol. The molecular formula is C28H58O. The molecule has 0 aliphatic heterocycles. The fraction of sp³-hybridized carbons (Fsp3) is 1.00. The van der Waals surface area contributed by atoms with Gasteiger partial charge in [0.15, 0.2) is 0 Å². The first-order chi connectivity index (χ1) is 13.8. The maximum Gasteiger partial charge on any atom is 0.0633 e. The van der Waals surface area contributed by atoms with Crippen molar-refractivity contribution in [3.8, 4) is 0 Å². The molecule has 0 aliphatic rings. The first-order valence-corrected chi connectivity index (χ1v) is 13.5. The minimum atomic E-state index is 0.0178. The third-order valence-corrected chi connectivity index (χ3v) is 6.32. The lowest BCUT2D eigenvalue weighted by molar-refractivity contribution is -0.130. The largest absolute Gasteiger partial charge is 0.370 e. The monoisotopic (exact) mass is 410 g/mol. The van der Waals surface area contributed by atoms with Crippen molar-refractivity contribution in [1.29, 1.82) is 0 Å². The van der Waals surface area contributed by atoms with E-state index < -0.39 is 0 Å². The third-order valence-electron chi connectivity index (χ3n) is 6.32. The normalized spacial score (nSPS) is 12.6. The minimum absolute atomic E-state index is 0.0178. The standard InChI is InChI=1S/C28H58O/c1-7-9-11-13-15-17-19-21-23-25-27(3,4)29-28(5,6)26-24-22-20-18-16-14-12-10-8-2/h7-26H2,1-6H3. The maximum absolute atomic E-state index is 6.57. The Morgan fingerprint density at radius 1 is 0.379 bits per heavy atom. The lowest BCUT2D eigenvalue weighted by Crippen LogP contribution is -2.37. The van der Waals surface area contributed by atoms with Crippen molar-refractivity contribution >= 4 is 0 Å². The van der Waals surface area contributed by atoms with E-state index in [0.29, 0.717) is 0 Å². The van der Waals surface area contributed by atoms with Crippen LogP contribution >= 0.6 is 0 Å². The van der Waals surface area contributed by atoms with E-state index in [2.05, 4.69) is 41.5 Å². The highest BCUT2D eigenvalue weighted by atomic mass is 16.5. The molecule has 0 bridgehead atoms. The van der Waals surface area contributed by atoms with Gasteiger partial charge in [-0.1, -0.05) is 129 Å². The summed E-state index contributed by atoms with van der Waals surface area (Å²) in [6.45, 7) is 13.8. The Balaban J connectivity index is 3.69. The predicted octanol–water partition coefficient (Wildman–Crippen LogP) is 10.4. The number of unbranched alkanes of at least 4 members (excludes halogenated alkanes) is 16. The Morgan fingerprint density at radius 2 is 0.621 bits per heavy atom. The van der Waals surface area contributed by atoms with Crippen LogP contribution in [0.3, 0.4) is 0 Å². The fourth-order valence-corrected chi connectivity index (χ4v) is 4.57. The average molecular weight is 411 g/mol. The molecule has 176 valence electrons. The van der Waals surface area contributed by atoms with Gasteiger partial charge in [0.25, 0.3) is 0 Å². The van der Waals surface area contributed by atoms with E-state index in [9.17, 15) is 0 Å². The molecule has 0 aromatic heterocycles. The van der Waals surface area contributed by atoms with Crippen molar-refractivity contribution < 1.29 is 4.74 Å². The highest BCUT2D eigenvalue weighted by Gasteiger charge is 2.28. The molecule has 1 nitrogen and oxygen atoms in total. The SMILES string of the molecule is CCCCCCCCCCCC(C)(C)OC(C)(C)CCCCCCCCCCC. The lowest BCUT2D eigenvalue weighted by atomic mass is 9.94. The van der Waals surface area contributed by atoms with E-state index >= 15 is 0 Å². The van der Waals surface area contributed by atoms with Crippen LogP contribution in [0.25, 0.3) is 0 Å². The van der Waals surface area contributed by atoms with Gasteiger partial charge in [-0.2, -0.15) is 0 Å². The smallest absolute Gasteiger partial charge is 0.0633 e. The summed E-state index contributed by atoms with van der Waals surface area (Å²) in [6.07, 6.45) is 27.6. The Morgan fingerprint density at radius 3 is 0.897 bits per heavy atom. The van der Waals surface area contributed by atoms with E-state index in [0.717, 1.165) is 0 Å². The van der Waals surface area contributed by atoms with Gasteiger partial charge < -0.3 is 4.74 Å². The first-order valence-electron chi connectivity index (χ1n) is 13.5. The third kappa shape index (κ3) is 21.0. The molecule has 0 aliphatic carbocycles. The zero-order chi connectivity index (χ0) is 21.8. The van der Waals surface area contributed by atoms with Crippen molar-refractivity contribution in [2.45, 2.75) is 181 Å². The maximum atomic E-state index is 6.57. The van der Waals surface area contributed by atoms with E-state index in [1.54, 1.807) is 0 Å². The molecule has 0 unspecified atom stereocenters. The molecule has 29 heavy (non-hydrogen) atoms. The zero-order valence-corrected chi connectivity index (χ0v) is 21.6. The molecule has 0 radical (unpaired) electrons. The van der Waals surface area contributed by atoms with Gasteiger partial charge in [0.05, 0.1) is 11.2 Å². The summed E-state index contributed by atoms with van der Waals surface area (Å²) in [5.74, 6) is 0. The van der Waals surface area contributed by atoms with Gasteiger partial charge in [-0.05, 0) is 40.5 Å². The second kappa shape index (κ2) is 18.7. The van der Waals surface area contributed by atoms with E-state index in [1.807, 2.05) is 0 Å². The second-order valence-corrected chi connectivity index (χ2v) is 10.8. The zero-order valence-electron chi connectivity index (χ0n) is 21.6. The number of hydrogen-bond acceptors (Lipinski definition) is 1. The highest BCUT2D eigenvalue weighted by Crippen LogP contribution is 2.29. The van der Waals surface area contributed by atoms with Gasteiger partial charge in [0.1, 0.15) is 0 Å². The van der Waals surface area contributed by atoms with E-state index in [4.69, 9.17) is 4.74 Å². The van der Waals surface area contributed by atoms with E-state index in [1.165, 1.54) is 128 Å². The summed E-state index contributed by atoms with van der Waals surface area (Å²) in [5.41, 5.74) is 0.0355. The molecule has 0 fully saturated rings. The van der Waals surface area contributed by atoms with Gasteiger partial charge in [0, 0.05) is 0 Å². The minimum Gasteiger partial charge on any atom is -0.370 e. The van der Waals surface area contributed by atoms with Crippen LogP contribution in [0.15, 0.2) is 0 Å². The highest BCUT2D eigenvalue weighted by molar-refractivity contribution is 4.77. The average Bonchev–Trinajstić information content (AvgIpc) is 2.64.